The molecule has 0 aromatic heterocycles. The van der Waals surface area contributed by atoms with E-state index in [-0.39, 0.29) is 22.8 Å². The average Bonchev–Trinajstić information content (AvgIpc) is 2.70. The molecule has 1 aliphatic carbocycles. The van der Waals surface area contributed by atoms with Gasteiger partial charge in [0.25, 0.3) is 0 Å². The van der Waals surface area contributed by atoms with Gasteiger partial charge in [0.05, 0.1) is 11.5 Å². The van der Waals surface area contributed by atoms with Crippen LogP contribution in [0.3, 0.4) is 0 Å². The van der Waals surface area contributed by atoms with Gasteiger partial charge in [-0.15, -0.1) is 0 Å². The van der Waals surface area contributed by atoms with Gasteiger partial charge in [0.15, 0.2) is 15.8 Å². The summed E-state index contributed by atoms with van der Waals surface area (Å²) in [5.41, 5.74) is 0.823. The molecule has 0 bridgehead atoms. The van der Waals surface area contributed by atoms with Crippen LogP contribution in [0.15, 0.2) is 35.3 Å². The lowest BCUT2D eigenvalue weighted by atomic mass is 9.95. The molecule has 28 heavy (non-hydrogen) atoms. The van der Waals surface area contributed by atoms with Gasteiger partial charge in [-0.1, -0.05) is 43.7 Å². The number of rotatable bonds is 9. The SMILES string of the molecule is CCS(=O)C1CCCC(NC(=NC)NCCCS(=O)(=O)Cc2ccccc2)C1. The lowest BCUT2D eigenvalue weighted by Gasteiger charge is -2.30. The van der Waals surface area contributed by atoms with E-state index in [0.717, 1.165) is 31.2 Å². The maximum atomic E-state index is 12.3. The van der Waals surface area contributed by atoms with Gasteiger partial charge < -0.3 is 10.6 Å². The van der Waals surface area contributed by atoms with Crippen LogP contribution in [0.4, 0.5) is 0 Å². The highest BCUT2D eigenvalue weighted by Gasteiger charge is 2.26. The fourth-order valence-corrected chi connectivity index (χ4v) is 6.31. The predicted octanol–water partition coefficient (Wildman–Crippen LogP) is 2.24. The first kappa shape index (κ1) is 22.9. The minimum Gasteiger partial charge on any atom is -0.356 e. The van der Waals surface area contributed by atoms with Crippen LogP contribution in [0.2, 0.25) is 0 Å². The largest absolute Gasteiger partial charge is 0.356 e. The van der Waals surface area contributed by atoms with Crippen LogP contribution in [0.1, 0.15) is 44.6 Å². The Balaban J connectivity index is 1.73. The molecule has 0 spiro atoms. The fourth-order valence-electron chi connectivity index (χ4n) is 3.54. The molecule has 1 aromatic carbocycles. The molecule has 1 saturated carbocycles. The smallest absolute Gasteiger partial charge is 0.191 e. The second kappa shape index (κ2) is 11.6. The van der Waals surface area contributed by atoms with Crippen LogP contribution in [-0.4, -0.2) is 55.0 Å². The molecule has 0 saturated heterocycles. The monoisotopic (exact) mass is 427 g/mol. The first-order chi connectivity index (χ1) is 13.4. The Morgan fingerprint density at radius 3 is 2.68 bits per heavy atom. The standard InChI is InChI=1S/C20H33N3O3S2/c1-3-27(24)19-12-7-11-18(15-19)23-20(21-2)22-13-8-14-28(25,26)16-17-9-5-4-6-10-17/h4-6,9-10,18-19H,3,7-8,11-16H2,1-2H3,(H2,21,22,23). The Kier molecular flexibility index (Phi) is 9.44. The molecule has 0 radical (unpaired) electrons. The van der Waals surface area contributed by atoms with E-state index >= 15 is 0 Å². The predicted molar refractivity (Wildman–Crippen MR) is 118 cm³/mol. The van der Waals surface area contributed by atoms with Crippen molar-refractivity contribution >= 4 is 26.6 Å². The van der Waals surface area contributed by atoms with Gasteiger partial charge in [-0.25, -0.2) is 8.42 Å². The fraction of sp³-hybridized carbons (Fsp3) is 0.650. The maximum absolute atomic E-state index is 12.3. The molecule has 2 N–H and O–H groups in total. The van der Waals surface area contributed by atoms with Gasteiger partial charge in [0.1, 0.15) is 0 Å². The minimum absolute atomic E-state index is 0.0822. The molecule has 1 aromatic rings. The summed E-state index contributed by atoms with van der Waals surface area (Å²) in [6.07, 6.45) is 4.58. The first-order valence-electron chi connectivity index (χ1n) is 10.0. The molecule has 3 unspecified atom stereocenters. The number of nitrogens with zero attached hydrogens (tertiary/aromatic N) is 1. The molecule has 3 atom stereocenters. The third kappa shape index (κ3) is 7.91. The van der Waals surface area contributed by atoms with Crippen molar-refractivity contribution in [3.8, 4) is 0 Å². The lowest BCUT2D eigenvalue weighted by molar-refractivity contribution is 0.413. The van der Waals surface area contributed by atoms with E-state index in [4.69, 9.17) is 0 Å². The number of nitrogens with one attached hydrogen (secondary N) is 2. The lowest BCUT2D eigenvalue weighted by Crippen LogP contribution is -2.47. The summed E-state index contributed by atoms with van der Waals surface area (Å²) in [7, 11) is -2.16. The number of aliphatic imine (C=N–C) groups is 1. The van der Waals surface area contributed by atoms with Crippen molar-refractivity contribution in [2.45, 2.75) is 56.1 Å². The summed E-state index contributed by atoms with van der Waals surface area (Å²) in [5, 5.41) is 6.88. The Hall–Kier alpha value is -1.41. The Labute approximate surface area is 172 Å². The van der Waals surface area contributed by atoms with Crippen molar-refractivity contribution in [2.24, 2.45) is 4.99 Å². The quantitative estimate of drug-likeness (QED) is 0.358. The van der Waals surface area contributed by atoms with Crippen LogP contribution in [0.5, 0.6) is 0 Å². The van der Waals surface area contributed by atoms with E-state index in [9.17, 15) is 12.6 Å². The highest BCUT2D eigenvalue weighted by atomic mass is 32.2. The van der Waals surface area contributed by atoms with E-state index in [2.05, 4.69) is 15.6 Å². The molecular formula is C20H33N3O3S2. The van der Waals surface area contributed by atoms with Gasteiger partial charge in [-0.3, -0.25) is 9.20 Å². The molecule has 0 amide bonds. The summed E-state index contributed by atoms with van der Waals surface area (Å²) in [4.78, 5) is 4.24. The zero-order valence-corrected chi connectivity index (χ0v) is 18.5. The van der Waals surface area contributed by atoms with Crippen molar-refractivity contribution in [3.05, 3.63) is 35.9 Å². The van der Waals surface area contributed by atoms with Crippen molar-refractivity contribution in [1.29, 1.82) is 0 Å². The normalized spacial score (nSPS) is 21.9. The number of guanidine groups is 1. The number of benzene rings is 1. The van der Waals surface area contributed by atoms with E-state index in [1.165, 1.54) is 0 Å². The Morgan fingerprint density at radius 2 is 2.00 bits per heavy atom. The second-order valence-corrected chi connectivity index (χ2v) is 11.4. The Bertz CT molecular complexity index is 751. The molecule has 8 heteroatoms. The van der Waals surface area contributed by atoms with Gasteiger partial charge >= 0.3 is 0 Å². The highest BCUT2D eigenvalue weighted by Crippen LogP contribution is 2.22. The maximum Gasteiger partial charge on any atom is 0.191 e. The second-order valence-electron chi connectivity index (χ2n) is 7.23. The van der Waals surface area contributed by atoms with Crippen LogP contribution < -0.4 is 10.6 Å². The molecule has 2 rings (SSSR count). The highest BCUT2D eigenvalue weighted by molar-refractivity contribution is 7.90. The third-order valence-electron chi connectivity index (χ3n) is 5.00. The molecule has 0 aliphatic heterocycles. The van der Waals surface area contributed by atoms with E-state index < -0.39 is 20.6 Å². The van der Waals surface area contributed by atoms with Gasteiger partial charge in [-0.2, -0.15) is 0 Å². The summed E-state index contributed by atoms with van der Waals surface area (Å²) in [6.45, 7) is 2.52. The van der Waals surface area contributed by atoms with Gasteiger partial charge in [0.2, 0.25) is 0 Å². The van der Waals surface area contributed by atoms with Crippen molar-refractivity contribution in [1.82, 2.24) is 10.6 Å². The zero-order valence-electron chi connectivity index (χ0n) is 16.9. The molecule has 0 heterocycles. The van der Waals surface area contributed by atoms with Crippen molar-refractivity contribution < 1.29 is 12.6 Å². The van der Waals surface area contributed by atoms with Crippen molar-refractivity contribution in [2.75, 3.05) is 25.1 Å². The number of sulfone groups is 1. The van der Waals surface area contributed by atoms with Gasteiger partial charge in [0, 0.05) is 41.4 Å². The number of hydrogen-bond acceptors (Lipinski definition) is 4. The third-order valence-corrected chi connectivity index (χ3v) is 8.43. The van der Waals surface area contributed by atoms with Crippen LogP contribution >= 0.6 is 0 Å². The van der Waals surface area contributed by atoms with Crippen LogP contribution in [0, 0.1) is 0 Å². The average molecular weight is 428 g/mol. The topological polar surface area (TPSA) is 87.6 Å². The first-order valence-corrected chi connectivity index (χ1v) is 13.2. The van der Waals surface area contributed by atoms with E-state index in [0.29, 0.717) is 24.7 Å². The summed E-state index contributed by atoms with van der Waals surface area (Å²) >= 11 is 0. The van der Waals surface area contributed by atoms with Crippen LogP contribution in [-0.2, 0) is 26.4 Å². The number of hydrogen-bond donors (Lipinski definition) is 2. The summed E-state index contributed by atoms with van der Waals surface area (Å²) in [5.74, 6) is 1.63. The van der Waals surface area contributed by atoms with E-state index in [1.54, 1.807) is 7.05 Å². The Morgan fingerprint density at radius 1 is 1.25 bits per heavy atom. The van der Waals surface area contributed by atoms with Crippen molar-refractivity contribution in [3.63, 3.8) is 0 Å². The van der Waals surface area contributed by atoms with Crippen LogP contribution in [0.25, 0.3) is 0 Å². The van der Waals surface area contributed by atoms with E-state index in [1.807, 2.05) is 37.3 Å². The summed E-state index contributed by atoms with van der Waals surface area (Å²) in [6, 6.07) is 9.53. The van der Waals surface area contributed by atoms with Gasteiger partial charge in [-0.05, 0) is 31.2 Å². The summed E-state index contributed by atoms with van der Waals surface area (Å²) < 4.78 is 36.6. The molecular weight excluding hydrogens is 394 g/mol. The zero-order chi connectivity index (χ0) is 20.4. The minimum atomic E-state index is -3.12. The molecule has 6 nitrogen and oxygen atoms in total. The molecule has 158 valence electrons. The molecule has 1 aliphatic rings. The molecule has 1 fully saturated rings.